The molecule has 0 radical (unpaired) electrons. The van der Waals surface area contributed by atoms with Crippen LogP contribution in [0.5, 0.6) is 0 Å². The van der Waals surface area contributed by atoms with Gasteiger partial charge in [-0.15, -0.1) is 0 Å². The lowest BCUT2D eigenvalue weighted by Crippen LogP contribution is -2.41. The number of hydrogen-bond acceptors (Lipinski definition) is 4. The van der Waals surface area contributed by atoms with Crippen LogP contribution >= 0.6 is 0 Å². The molecule has 0 aliphatic carbocycles. The average molecular weight is 405 g/mol. The zero-order valence-electron chi connectivity index (χ0n) is 18.6. The van der Waals surface area contributed by atoms with Crippen LogP contribution in [0.4, 0.5) is 0 Å². The first-order valence-electron chi connectivity index (χ1n) is 11.1. The van der Waals surface area contributed by atoms with Gasteiger partial charge < -0.3 is 25.0 Å². The second-order valence-electron chi connectivity index (χ2n) is 7.66. The summed E-state index contributed by atoms with van der Waals surface area (Å²) >= 11 is 0. The molecule has 0 aromatic heterocycles. The zero-order chi connectivity index (χ0) is 20.7. The van der Waals surface area contributed by atoms with Gasteiger partial charge >= 0.3 is 0 Å². The molecule has 1 aromatic rings. The molecule has 0 bridgehead atoms. The Morgan fingerprint density at radius 2 is 2.00 bits per heavy atom. The van der Waals surface area contributed by atoms with Gasteiger partial charge in [0.15, 0.2) is 5.96 Å². The molecule has 1 fully saturated rings. The van der Waals surface area contributed by atoms with E-state index in [1.165, 1.54) is 36.9 Å². The number of piperidine rings is 1. The Morgan fingerprint density at radius 1 is 1.17 bits per heavy atom. The Bertz CT molecular complexity index is 594. The molecule has 0 amide bonds. The summed E-state index contributed by atoms with van der Waals surface area (Å²) in [5, 5.41) is 6.84. The predicted molar refractivity (Wildman–Crippen MR) is 120 cm³/mol. The van der Waals surface area contributed by atoms with Crippen molar-refractivity contribution in [3.05, 3.63) is 35.4 Å². The van der Waals surface area contributed by atoms with E-state index < -0.39 is 0 Å². The van der Waals surface area contributed by atoms with Crippen LogP contribution in [0.2, 0.25) is 0 Å². The minimum absolute atomic E-state index is 0.614. The van der Waals surface area contributed by atoms with Crippen LogP contribution in [0.1, 0.15) is 50.7 Å². The van der Waals surface area contributed by atoms with E-state index in [4.69, 9.17) is 9.47 Å². The van der Waals surface area contributed by atoms with Gasteiger partial charge in [-0.2, -0.15) is 0 Å². The number of rotatable bonds is 12. The van der Waals surface area contributed by atoms with Crippen molar-refractivity contribution >= 4 is 5.96 Å². The number of benzene rings is 1. The highest BCUT2D eigenvalue weighted by Gasteiger charge is 2.17. The fraction of sp³-hybridized carbons (Fsp3) is 0.696. The summed E-state index contributed by atoms with van der Waals surface area (Å²) in [6.07, 6.45) is 5.21. The van der Waals surface area contributed by atoms with Crippen molar-refractivity contribution in [1.29, 1.82) is 0 Å². The maximum absolute atomic E-state index is 5.66. The summed E-state index contributed by atoms with van der Waals surface area (Å²) in [5.41, 5.74) is 2.40. The predicted octanol–water partition coefficient (Wildman–Crippen LogP) is 3.17. The summed E-state index contributed by atoms with van der Waals surface area (Å²) in [7, 11) is 1.82. The molecule has 29 heavy (non-hydrogen) atoms. The van der Waals surface area contributed by atoms with E-state index in [9.17, 15) is 0 Å². The maximum atomic E-state index is 5.66. The monoisotopic (exact) mass is 404 g/mol. The number of hydrogen-bond donors (Lipinski definition) is 2. The fourth-order valence-electron chi connectivity index (χ4n) is 3.67. The van der Waals surface area contributed by atoms with Crippen molar-refractivity contribution < 1.29 is 9.47 Å². The summed E-state index contributed by atoms with van der Waals surface area (Å²) < 4.78 is 11.0. The quantitative estimate of drug-likeness (QED) is 0.318. The molecule has 6 heteroatoms. The van der Waals surface area contributed by atoms with E-state index in [0.29, 0.717) is 19.8 Å². The number of nitrogens with one attached hydrogen (secondary N) is 2. The molecule has 1 saturated heterocycles. The molecular formula is C23H40N4O2. The second-order valence-corrected chi connectivity index (χ2v) is 7.66. The van der Waals surface area contributed by atoms with Gasteiger partial charge in [0.05, 0.1) is 19.8 Å². The highest BCUT2D eigenvalue weighted by molar-refractivity contribution is 5.79. The van der Waals surface area contributed by atoms with Gasteiger partial charge in [-0.1, -0.05) is 30.7 Å². The highest BCUT2D eigenvalue weighted by atomic mass is 16.5. The first kappa shape index (κ1) is 23.6. The third kappa shape index (κ3) is 9.61. The van der Waals surface area contributed by atoms with E-state index in [1.54, 1.807) is 0 Å². The molecule has 0 saturated carbocycles. The first-order chi connectivity index (χ1) is 14.2. The molecule has 1 atom stereocenters. The topological polar surface area (TPSA) is 58.1 Å². The molecule has 1 aliphatic rings. The van der Waals surface area contributed by atoms with Crippen LogP contribution in [0, 0.1) is 0 Å². The van der Waals surface area contributed by atoms with Crippen molar-refractivity contribution in [2.24, 2.45) is 4.99 Å². The van der Waals surface area contributed by atoms with Crippen LogP contribution in [0.25, 0.3) is 0 Å². The van der Waals surface area contributed by atoms with E-state index in [-0.39, 0.29) is 0 Å². The third-order valence-electron chi connectivity index (χ3n) is 5.37. The second kappa shape index (κ2) is 14.4. The van der Waals surface area contributed by atoms with Gasteiger partial charge in [0.2, 0.25) is 0 Å². The van der Waals surface area contributed by atoms with Crippen molar-refractivity contribution in [2.75, 3.05) is 46.5 Å². The fourth-order valence-corrected chi connectivity index (χ4v) is 3.67. The molecule has 1 heterocycles. The van der Waals surface area contributed by atoms with Gasteiger partial charge in [-0.05, 0) is 50.8 Å². The number of guanidine groups is 1. The molecule has 164 valence electrons. The van der Waals surface area contributed by atoms with Gasteiger partial charge in [0.25, 0.3) is 0 Å². The lowest BCUT2D eigenvalue weighted by Gasteiger charge is -2.33. The minimum atomic E-state index is 0.614. The molecule has 1 aliphatic heterocycles. The summed E-state index contributed by atoms with van der Waals surface area (Å²) in [4.78, 5) is 6.96. The molecule has 2 N–H and O–H groups in total. The largest absolute Gasteiger partial charge is 0.379 e. The molecule has 1 aromatic carbocycles. The highest BCUT2D eigenvalue weighted by Crippen LogP contribution is 2.16. The zero-order valence-corrected chi connectivity index (χ0v) is 18.6. The van der Waals surface area contributed by atoms with Gasteiger partial charge in [-0.25, -0.2) is 0 Å². The Labute approximate surface area is 177 Å². The smallest absolute Gasteiger partial charge is 0.191 e. The van der Waals surface area contributed by atoms with Crippen molar-refractivity contribution in [3.63, 3.8) is 0 Å². The maximum Gasteiger partial charge on any atom is 0.191 e. The van der Waals surface area contributed by atoms with Crippen LogP contribution in [-0.4, -0.2) is 63.4 Å². The van der Waals surface area contributed by atoms with Crippen molar-refractivity contribution in [1.82, 2.24) is 15.5 Å². The number of likely N-dealkylation sites (tertiary alicyclic amines) is 1. The molecular weight excluding hydrogens is 364 g/mol. The first-order valence-corrected chi connectivity index (χ1v) is 11.1. The number of nitrogens with zero attached hydrogens (tertiary/aromatic N) is 2. The van der Waals surface area contributed by atoms with Crippen LogP contribution in [0.15, 0.2) is 29.3 Å². The molecule has 6 nitrogen and oxygen atoms in total. The summed E-state index contributed by atoms with van der Waals surface area (Å²) in [5.74, 6) is 0.857. The lowest BCUT2D eigenvalue weighted by atomic mass is 10.0. The molecule has 0 spiro atoms. The molecule has 2 rings (SSSR count). The van der Waals surface area contributed by atoms with Gasteiger partial charge in [0.1, 0.15) is 0 Å². The van der Waals surface area contributed by atoms with Crippen LogP contribution < -0.4 is 10.6 Å². The Kier molecular flexibility index (Phi) is 11.7. The van der Waals surface area contributed by atoms with E-state index in [0.717, 1.165) is 44.7 Å². The van der Waals surface area contributed by atoms with Gasteiger partial charge in [0, 0.05) is 39.3 Å². The Balaban J connectivity index is 1.64. The lowest BCUT2D eigenvalue weighted by molar-refractivity contribution is 0.0453. The summed E-state index contributed by atoms with van der Waals surface area (Å²) in [6, 6.07) is 9.21. The van der Waals surface area contributed by atoms with E-state index >= 15 is 0 Å². The standard InChI is InChI=1S/C23H40N4O2/c1-4-28-15-16-29-19-22-11-7-10-21(17-22)18-26-23(24-3)25-12-8-14-27-13-6-5-9-20(27)2/h7,10-11,17,20H,4-6,8-9,12-16,18-19H2,1-3H3,(H2,24,25,26). The Hall–Kier alpha value is -1.63. The SMILES string of the molecule is CCOCCOCc1cccc(CNC(=NC)NCCCN2CCCCC2C)c1. The van der Waals surface area contributed by atoms with E-state index in [2.05, 4.69) is 51.7 Å². The van der Waals surface area contributed by atoms with Crippen LogP contribution in [0.3, 0.4) is 0 Å². The number of ether oxygens (including phenoxy) is 2. The van der Waals surface area contributed by atoms with Crippen molar-refractivity contribution in [2.45, 2.75) is 58.7 Å². The normalized spacial score (nSPS) is 18.0. The Morgan fingerprint density at radius 3 is 2.79 bits per heavy atom. The van der Waals surface area contributed by atoms with Crippen molar-refractivity contribution in [3.8, 4) is 0 Å². The van der Waals surface area contributed by atoms with Crippen LogP contribution in [-0.2, 0) is 22.6 Å². The third-order valence-corrected chi connectivity index (χ3v) is 5.37. The van der Waals surface area contributed by atoms with Gasteiger partial charge in [-0.3, -0.25) is 4.99 Å². The summed E-state index contributed by atoms with van der Waals surface area (Å²) in [6.45, 7) is 11.1. The van der Waals surface area contributed by atoms with E-state index in [1.807, 2.05) is 14.0 Å². The average Bonchev–Trinajstić information content (AvgIpc) is 2.74. The number of aliphatic imine (C=N–C) groups is 1. The molecule has 1 unspecified atom stereocenters. The minimum Gasteiger partial charge on any atom is -0.379 e.